The molecule has 156 valence electrons. The van der Waals surface area contributed by atoms with E-state index in [9.17, 15) is 5.26 Å². The number of nitrogen functional groups attached to an aromatic ring is 2. The van der Waals surface area contributed by atoms with E-state index in [1.165, 1.54) is 0 Å². The summed E-state index contributed by atoms with van der Waals surface area (Å²) in [4.78, 5) is 14.9. The van der Waals surface area contributed by atoms with Gasteiger partial charge in [0.2, 0.25) is 0 Å². The Hall–Kier alpha value is -3.90. The summed E-state index contributed by atoms with van der Waals surface area (Å²) in [5.41, 5.74) is 15.7. The lowest BCUT2D eigenvalue weighted by molar-refractivity contribution is -0.127. The van der Waals surface area contributed by atoms with Crippen molar-refractivity contribution in [1.29, 1.82) is 5.26 Å². The van der Waals surface area contributed by atoms with Crippen LogP contribution in [0.15, 0.2) is 42.7 Å². The van der Waals surface area contributed by atoms with E-state index < -0.39 is 0 Å². The first-order valence-electron chi connectivity index (χ1n) is 9.88. The number of nitrogens with two attached hydrogens (primary N) is 2. The largest absolute Gasteiger partial charge is 0.470 e. The molecule has 0 saturated carbocycles. The molecule has 2 aliphatic heterocycles. The van der Waals surface area contributed by atoms with E-state index in [2.05, 4.69) is 25.9 Å². The number of hydrogen-bond donors (Lipinski definition) is 2. The highest BCUT2D eigenvalue weighted by Crippen LogP contribution is 2.41. The summed E-state index contributed by atoms with van der Waals surface area (Å²) >= 11 is 0. The number of anilines is 3. The van der Waals surface area contributed by atoms with Gasteiger partial charge in [0, 0.05) is 24.8 Å². The lowest BCUT2D eigenvalue weighted by atomic mass is 9.77. The minimum atomic E-state index is 0.191. The fraction of sp³-hybridized carbons (Fsp3) is 0.273. The Morgan fingerprint density at radius 3 is 2.71 bits per heavy atom. The number of nitrogens with zero attached hydrogens (tertiary/aromatic N) is 5. The quantitative estimate of drug-likeness (QED) is 0.641. The molecule has 2 aromatic heterocycles. The maximum atomic E-state index is 9.69. The first kappa shape index (κ1) is 19.1. The molecule has 0 aliphatic carbocycles. The van der Waals surface area contributed by atoms with Gasteiger partial charge in [-0.2, -0.15) is 5.26 Å². The van der Waals surface area contributed by atoms with Gasteiger partial charge in [-0.15, -0.1) is 0 Å². The van der Waals surface area contributed by atoms with Crippen LogP contribution in [0.25, 0.3) is 11.3 Å². The van der Waals surface area contributed by atoms with Crippen LogP contribution in [-0.4, -0.2) is 41.3 Å². The van der Waals surface area contributed by atoms with E-state index in [4.69, 9.17) is 20.9 Å². The molecule has 0 atom stereocenters. The SMILES string of the molecule is N#Cc1cc(-c2cnc(N)c(OCc3ccnc(N)c3)n2)ccc1N1CC2(COC2)C1. The Labute approximate surface area is 179 Å². The molecule has 2 saturated heterocycles. The van der Waals surface area contributed by atoms with Gasteiger partial charge in [-0.25, -0.2) is 15.0 Å². The van der Waals surface area contributed by atoms with Gasteiger partial charge < -0.3 is 25.8 Å². The van der Waals surface area contributed by atoms with Gasteiger partial charge in [-0.1, -0.05) is 6.07 Å². The number of rotatable bonds is 5. The van der Waals surface area contributed by atoms with Crippen molar-refractivity contribution in [2.75, 3.05) is 42.7 Å². The first-order chi connectivity index (χ1) is 15.0. The second-order valence-electron chi connectivity index (χ2n) is 8.02. The van der Waals surface area contributed by atoms with Crippen molar-refractivity contribution >= 4 is 17.3 Å². The summed E-state index contributed by atoms with van der Waals surface area (Å²) in [7, 11) is 0. The van der Waals surface area contributed by atoms with Crippen LogP contribution in [0.4, 0.5) is 17.3 Å². The highest BCUT2D eigenvalue weighted by atomic mass is 16.5. The molecule has 9 heteroatoms. The Morgan fingerprint density at radius 2 is 2.00 bits per heavy atom. The third-order valence-corrected chi connectivity index (χ3v) is 5.61. The van der Waals surface area contributed by atoms with Crippen LogP contribution in [0, 0.1) is 16.7 Å². The van der Waals surface area contributed by atoms with E-state index in [1.807, 2.05) is 18.2 Å². The Morgan fingerprint density at radius 1 is 1.16 bits per heavy atom. The van der Waals surface area contributed by atoms with Crippen molar-refractivity contribution in [2.45, 2.75) is 6.61 Å². The van der Waals surface area contributed by atoms with Gasteiger partial charge in [0.25, 0.3) is 5.88 Å². The topological polar surface area (TPSA) is 136 Å². The zero-order valence-electron chi connectivity index (χ0n) is 16.8. The zero-order chi connectivity index (χ0) is 21.4. The lowest BCUT2D eigenvalue weighted by Crippen LogP contribution is -2.66. The summed E-state index contributed by atoms with van der Waals surface area (Å²) in [6, 6.07) is 11.5. The minimum absolute atomic E-state index is 0.191. The second-order valence-corrected chi connectivity index (χ2v) is 8.02. The lowest BCUT2D eigenvalue weighted by Gasteiger charge is -2.56. The molecule has 1 aromatic carbocycles. The first-order valence-corrected chi connectivity index (χ1v) is 9.88. The van der Waals surface area contributed by atoms with Gasteiger partial charge in [-0.3, -0.25) is 0 Å². The fourth-order valence-corrected chi connectivity index (χ4v) is 3.93. The highest BCUT2D eigenvalue weighted by molar-refractivity contribution is 5.71. The molecule has 4 heterocycles. The molecule has 0 amide bonds. The molecule has 0 bridgehead atoms. The fourth-order valence-electron chi connectivity index (χ4n) is 3.93. The van der Waals surface area contributed by atoms with Crippen LogP contribution in [0.1, 0.15) is 11.1 Å². The van der Waals surface area contributed by atoms with Gasteiger partial charge >= 0.3 is 0 Å². The molecule has 9 nitrogen and oxygen atoms in total. The Bertz CT molecular complexity index is 1180. The van der Waals surface area contributed by atoms with Gasteiger partial charge in [0.05, 0.1) is 41.8 Å². The van der Waals surface area contributed by atoms with Crippen molar-refractivity contribution in [1.82, 2.24) is 15.0 Å². The number of aromatic nitrogens is 3. The van der Waals surface area contributed by atoms with Crippen molar-refractivity contribution in [3.05, 3.63) is 53.9 Å². The van der Waals surface area contributed by atoms with Crippen LogP contribution in [0.3, 0.4) is 0 Å². The van der Waals surface area contributed by atoms with Crippen LogP contribution < -0.4 is 21.1 Å². The zero-order valence-corrected chi connectivity index (χ0v) is 16.8. The highest BCUT2D eigenvalue weighted by Gasteiger charge is 2.49. The number of hydrogen-bond acceptors (Lipinski definition) is 9. The molecule has 1 spiro atoms. The summed E-state index contributed by atoms with van der Waals surface area (Å²) in [5, 5.41) is 9.69. The Kier molecular flexibility index (Phi) is 4.56. The molecule has 31 heavy (non-hydrogen) atoms. The van der Waals surface area contributed by atoms with Crippen LogP contribution in [0.2, 0.25) is 0 Å². The smallest absolute Gasteiger partial charge is 0.258 e. The maximum absolute atomic E-state index is 9.69. The van der Waals surface area contributed by atoms with Crippen LogP contribution >= 0.6 is 0 Å². The van der Waals surface area contributed by atoms with Gasteiger partial charge in [-0.05, 0) is 29.8 Å². The molecule has 0 radical (unpaired) electrons. The van der Waals surface area contributed by atoms with E-state index in [0.717, 1.165) is 43.1 Å². The van der Waals surface area contributed by atoms with E-state index in [-0.39, 0.29) is 23.7 Å². The van der Waals surface area contributed by atoms with Crippen molar-refractivity contribution in [2.24, 2.45) is 5.41 Å². The molecule has 2 aliphatic rings. The Balaban J connectivity index is 1.36. The average molecular weight is 415 g/mol. The molecular formula is C22H21N7O2. The molecule has 4 N–H and O–H groups in total. The molecule has 2 fully saturated rings. The number of nitriles is 1. The van der Waals surface area contributed by atoms with Gasteiger partial charge in [0.15, 0.2) is 5.82 Å². The molecule has 5 rings (SSSR count). The molecular weight excluding hydrogens is 394 g/mol. The third-order valence-electron chi connectivity index (χ3n) is 5.61. The van der Waals surface area contributed by atoms with Crippen molar-refractivity contribution in [3.8, 4) is 23.2 Å². The van der Waals surface area contributed by atoms with Crippen molar-refractivity contribution in [3.63, 3.8) is 0 Å². The average Bonchev–Trinajstić information content (AvgIpc) is 2.71. The second kappa shape index (κ2) is 7.41. The third kappa shape index (κ3) is 3.58. The van der Waals surface area contributed by atoms with E-state index >= 15 is 0 Å². The number of ether oxygens (including phenoxy) is 2. The summed E-state index contributed by atoms with van der Waals surface area (Å²) in [5.74, 6) is 0.831. The standard InChI is InChI=1S/C22H21N7O2/c23-7-16-6-15(1-2-18(16)29-10-22(11-29)12-30-13-22)17-8-27-20(25)21(28-17)31-9-14-3-4-26-19(24)5-14/h1-6,8H,9-13H2,(H2,24,26)(H2,25,27). The monoisotopic (exact) mass is 415 g/mol. The van der Waals surface area contributed by atoms with Crippen LogP contribution in [-0.2, 0) is 11.3 Å². The summed E-state index contributed by atoms with van der Waals surface area (Å²) in [6.07, 6.45) is 3.19. The summed E-state index contributed by atoms with van der Waals surface area (Å²) in [6.45, 7) is 3.68. The predicted molar refractivity (Wildman–Crippen MR) is 115 cm³/mol. The molecule has 0 unspecified atom stereocenters. The van der Waals surface area contributed by atoms with Crippen LogP contribution in [0.5, 0.6) is 5.88 Å². The van der Waals surface area contributed by atoms with E-state index in [1.54, 1.807) is 24.5 Å². The van der Waals surface area contributed by atoms with Crippen molar-refractivity contribution < 1.29 is 9.47 Å². The van der Waals surface area contributed by atoms with Gasteiger partial charge in [0.1, 0.15) is 18.5 Å². The maximum Gasteiger partial charge on any atom is 0.258 e. The summed E-state index contributed by atoms with van der Waals surface area (Å²) < 4.78 is 11.1. The number of pyridine rings is 1. The number of benzene rings is 1. The predicted octanol–water partition coefficient (Wildman–Crippen LogP) is 1.99. The molecule has 3 aromatic rings. The normalized spacial score (nSPS) is 16.3. The van der Waals surface area contributed by atoms with E-state index in [0.29, 0.717) is 17.1 Å². The minimum Gasteiger partial charge on any atom is -0.470 e.